The zero-order chi connectivity index (χ0) is 12.8. The fraction of sp³-hybridized carbons (Fsp3) is 0.455. The molecule has 0 bridgehead atoms. The fourth-order valence-corrected chi connectivity index (χ4v) is 1.46. The van der Waals surface area contributed by atoms with E-state index >= 15 is 0 Å². The Morgan fingerprint density at radius 2 is 2.29 bits per heavy atom. The highest BCUT2D eigenvalue weighted by Gasteiger charge is 2.10. The van der Waals surface area contributed by atoms with Crippen LogP contribution in [0.3, 0.4) is 0 Å². The lowest BCUT2D eigenvalue weighted by atomic mass is 10.2. The summed E-state index contributed by atoms with van der Waals surface area (Å²) in [5, 5.41) is 23.0. The smallest absolute Gasteiger partial charge is 0.272 e. The first kappa shape index (κ1) is 13.4. The van der Waals surface area contributed by atoms with Crippen LogP contribution in [0.4, 0.5) is 11.4 Å². The number of rotatable bonds is 6. The van der Waals surface area contributed by atoms with Crippen molar-refractivity contribution < 1.29 is 14.8 Å². The summed E-state index contributed by atoms with van der Waals surface area (Å²) >= 11 is 0. The number of ether oxygens (including phenoxy) is 1. The maximum atomic E-state index is 10.6. The van der Waals surface area contributed by atoms with E-state index in [9.17, 15) is 15.2 Å². The molecule has 0 aliphatic heterocycles. The Balaban J connectivity index is 2.62. The number of hydrogen-bond acceptors (Lipinski definition) is 5. The quantitative estimate of drug-likeness (QED) is 0.578. The van der Waals surface area contributed by atoms with Gasteiger partial charge in [-0.25, -0.2) is 0 Å². The minimum atomic E-state index is -0.601. The second-order valence-electron chi connectivity index (χ2n) is 3.75. The van der Waals surface area contributed by atoms with Crippen LogP contribution in [0.25, 0.3) is 0 Å². The fourth-order valence-electron chi connectivity index (χ4n) is 1.46. The monoisotopic (exact) mass is 240 g/mol. The summed E-state index contributed by atoms with van der Waals surface area (Å²) in [7, 11) is 1.51. The van der Waals surface area contributed by atoms with Crippen molar-refractivity contribution >= 4 is 11.4 Å². The van der Waals surface area contributed by atoms with Crippen molar-refractivity contribution in [2.24, 2.45) is 0 Å². The lowest BCUT2D eigenvalue weighted by molar-refractivity contribution is -0.385. The molecule has 0 aromatic heterocycles. The Labute approximate surface area is 99.4 Å². The second-order valence-corrected chi connectivity index (χ2v) is 3.75. The predicted octanol–water partition coefficient (Wildman–Crippen LogP) is 1.32. The van der Waals surface area contributed by atoms with Gasteiger partial charge in [-0.05, 0) is 19.1 Å². The molecule has 0 radical (unpaired) electrons. The van der Waals surface area contributed by atoms with Gasteiger partial charge in [0.2, 0.25) is 0 Å². The van der Waals surface area contributed by atoms with Crippen molar-refractivity contribution in [2.75, 3.05) is 25.6 Å². The number of nitrogens with one attached hydrogen (secondary N) is 1. The SMILES string of the molecule is COCC(O)CNc1ccc([N+](=O)[O-])c(C)c1. The van der Waals surface area contributed by atoms with Gasteiger partial charge < -0.3 is 15.2 Å². The largest absolute Gasteiger partial charge is 0.389 e. The van der Waals surface area contributed by atoms with Crippen LogP contribution < -0.4 is 5.32 Å². The number of aliphatic hydroxyl groups is 1. The molecule has 0 saturated heterocycles. The molecule has 0 aliphatic carbocycles. The summed E-state index contributed by atoms with van der Waals surface area (Å²) in [5.74, 6) is 0. The Kier molecular flexibility index (Phi) is 4.86. The van der Waals surface area contributed by atoms with Crippen molar-refractivity contribution in [1.82, 2.24) is 0 Å². The molecule has 0 amide bonds. The molecule has 17 heavy (non-hydrogen) atoms. The number of benzene rings is 1. The molecule has 1 aromatic rings. The molecular formula is C11H16N2O4. The van der Waals surface area contributed by atoms with E-state index in [0.717, 1.165) is 5.69 Å². The van der Waals surface area contributed by atoms with Crippen LogP contribution in [0.15, 0.2) is 18.2 Å². The predicted molar refractivity (Wildman–Crippen MR) is 64.2 cm³/mol. The highest BCUT2D eigenvalue weighted by atomic mass is 16.6. The van der Waals surface area contributed by atoms with Crippen molar-refractivity contribution in [1.29, 1.82) is 0 Å². The van der Waals surface area contributed by atoms with Crippen LogP contribution in [-0.2, 0) is 4.74 Å². The molecule has 0 spiro atoms. The Hall–Kier alpha value is -1.66. The molecule has 0 aliphatic rings. The number of nitro groups is 1. The van der Waals surface area contributed by atoms with Crippen molar-refractivity contribution in [2.45, 2.75) is 13.0 Å². The van der Waals surface area contributed by atoms with E-state index in [1.165, 1.54) is 13.2 Å². The summed E-state index contributed by atoms with van der Waals surface area (Å²) in [6, 6.07) is 4.74. The number of anilines is 1. The highest BCUT2D eigenvalue weighted by molar-refractivity contribution is 5.53. The van der Waals surface area contributed by atoms with Crippen LogP contribution in [-0.4, -0.2) is 36.4 Å². The summed E-state index contributed by atoms with van der Waals surface area (Å²) in [6.07, 6.45) is -0.601. The zero-order valence-electron chi connectivity index (χ0n) is 9.84. The van der Waals surface area contributed by atoms with Crippen molar-refractivity contribution in [3.05, 3.63) is 33.9 Å². The molecule has 1 unspecified atom stereocenters. The van der Waals surface area contributed by atoms with Gasteiger partial charge >= 0.3 is 0 Å². The molecule has 0 fully saturated rings. The number of nitro benzene ring substituents is 1. The van der Waals surface area contributed by atoms with Gasteiger partial charge in [0, 0.05) is 31.0 Å². The molecule has 6 heteroatoms. The first-order valence-corrected chi connectivity index (χ1v) is 5.20. The van der Waals surface area contributed by atoms with Gasteiger partial charge in [-0.15, -0.1) is 0 Å². The van der Waals surface area contributed by atoms with Gasteiger partial charge in [0.1, 0.15) is 0 Å². The molecule has 6 nitrogen and oxygen atoms in total. The number of aryl methyl sites for hydroxylation is 1. The van der Waals surface area contributed by atoms with Gasteiger partial charge in [0.05, 0.1) is 17.6 Å². The lowest BCUT2D eigenvalue weighted by Gasteiger charge is -2.12. The zero-order valence-corrected chi connectivity index (χ0v) is 9.84. The molecule has 94 valence electrons. The van der Waals surface area contributed by atoms with Crippen LogP contribution in [0.1, 0.15) is 5.56 Å². The highest BCUT2D eigenvalue weighted by Crippen LogP contribution is 2.21. The van der Waals surface area contributed by atoms with Gasteiger partial charge in [-0.3, -0.25) is 10.1 Å². The number of aliphatic hydroxyl groups excluding tert-OH is 1. The molecule has 1 rings (SSSR count). The standard InChI is InChI=1S/C11H16N2O4/c1-8-5-9(3-4-11(8)13(15)16)12-6-10(14)7-17-2/h3-5,10,12,14H,6-7H2,1-2H3. The van der Waals surface area contributed by atoms with E-state index in [1.54, 1.807) is 19.1 Å². The minimum absolute atomic E-state index is 0.0907. The van der Waals surface area contributed by atoms with Crippen LogP contribution in [0.2, 0.25) is 0 Å². The normalized spacial score (nSPS) is 12.2. The third-order valence-electron chi connectivity index (χ3n) is 2.29. The van der Waals surface area contributed by atoms with Gasteiger partial charge in [-0.2, -0.15) is 0 Å². The third-order valence-corrected chi connectivity index (χ3v) is 2.29. The van der Waals surface area contributed by atoms with Gasteiger partial charge in [0.25, 0.3) is 5.69 Å². The summed E-state index contributed by atoms with van der Waals surface area (Å²) in [5.41, 5.74) is 1.41. The first-order valence-electron chi connectivity index (χ1n) is 5.20. The number of methoxy groups -OCH3 is 1. The van der Waals surface area contributed by atoms with Crippen molar-refractivity contribution in [3.8, 4) is 0 Å². The third kappa shape index (κ3) is 4.01. The van der Waals surface area contributed by atoms with Crippen LogP contribution in [0.5, 0.6) is 0 Å². The summed E-state index contributed by atoms with van der Waals surface area (Å²) in [4.78, 5) is 10.2. The Morgan fingerprint density at radius 3 is 2.82 bits per heavy atom. The average Bonchev–Trinajstić information content (AvgIpc) is 2.26. The second kappa shape index (κ2) is 6.17. The molecule has 1 aromatic carbocycles. The van der Waals surface area contributed by atoms with E-state index < -0.39 is 11.0 Å². The molecule has 2 N–H and O–H groups in total. The molecular weight excluding hydrogens is 224 g/mol. The van der Waals surface area contributed by atoms with Crippen molar-refractivity contribution in [3.63, 3.8) is 0 Å². The Bertz CT molecular complexity index is 395. The molecule has 0 saturated carbocycles. The van der Waals surface area contributed by atoms with E-state index in [2.05, 4.69) is 5.32 Å². The topological polar surface area (TPSA) is 84.6 Å². The van der Waals surface area contributed by atoms with E-state index in [1.807, 2.05) is 0 Å². The average molecular weight is 240 g/mol. The summed E-state index contributed by atoms with van der Waals surface area (Å²) in [6.45, 7) is 2.26. The number of nitrogens with zero attached hydrogens (tertiary/aromatic N) is 1. The minimum Gasteiger partial charge on any atom is -0.389 e. The van der Waals surface area contributed by atoms with E-state index in [-0.39, 0.29) is 12.3 Å². The van der Waals surface area contributed by atoms with E-state index in [4.69, 9.17) is 4.74 Å². The number of hydrogen-bond donors (Lipinski definition) is 2. The molecule has 1 atom stereocenters. The van der Waals surface area contributed by atoms with Gasteiger partial charge in [0.15, 0.2) is 0 Å². The maximum Gasteiger partial charge on any atom is 0.272 e. The maximum absolute atomic E-state index is 10.6. The van der Waals surface area contributed by atoms with Crippen LogP contribution >= 0.6 is 0 Å². The summed E-state index contributed by atoms with van der Waals surface area (Å²) < 4.78 is 4.79. The molecule has 0 heterocycles. The first-order chi connectivity index (χ1) is 8.04. The van der Waals surface area contributed by atoms with E-state index in [0.29, 0.717) is 12.1 Å². The lowest BCUT2D eigenvalue weighted by Crippen LogP contribution is -2.24. The Morgan fingerprint density at radius 1 is 1.59 bits per heavy atom. The van der Waals surface area contributed by atoms with Crippen LogP contribution in [0, 0.1) is 17.0 Å². The van der Waals surface area contributed by atoms with Gasteiger partial charge in [-0.1, -0.05) is 0 Å².